The van der Waals surface area contributed by atoms with Crippen molar-refractivity contribution in [2.75, 3.05) is 38.7 Å². The average Bonchev–Trinajstić information content (AvgIpc) is 2.20. The maximum absolute atomic E-state index is 3.68. The molecule has 0 aliphatic heterocycles. The van der Waals surface area contributed by atoms with Crippen LogP contribution in [-0.2, 0) is 0 Å². The molecule has 0 rings (SSSR count). The Balaban J connectivity index is 3.57. The molecule has 1 atom stereocenters. The summed E-state index contributed by atoms with van der Waals surface area (Å²) in [7, 11) is 2.21. The molecule has 1 unspecified atom stereocenters. The van der Waals surface area contributed by atoms with Gasteiger partial charge < -0.3 is 10.2 Å². The van der Waals surface area contributed by atoms with Gasteiger partial charge in [-0.1, -0.05) is 13.0 Å². The van der Waals surface area contributed by atoms with Gasteiger partial charge in [0.05, 0.1) is 0 Å². The third-order valence-electron chi connectivity index (χ3n) is 2.38. The number of thioether (sulfide) groups is 1. The van der Waals surface area contributed by atoms with Gasteiger partial charge in [0.25, 0.3) is 0 Å². The highest BCUT2D eigenvalue weighted by Gasteiger charge is 2.10. The first-order valence-electron chi connectivity index (χ1n) is 5.27. The molecule has 0 aliphatic carbocycles. The van der Waals surface area contributed by atoms with Crippen molar-refractivity contribution in [1.82, 2.24) is 10.2 Å². The fourth-order valence-corrected chi connectivity index (χ4v) is 2.27. The Morgan fingerprint density at radius 1 is 1.57 bits per heavy atom. The minimum atomic E-state index is 0.718. The van der Waals surface area contributed by atoms with Gasteiger partial charge in [-0.25, -0.2) is 0 Å². The van der Waals surface area contributed by atoms with Crippen LogP contribution < -0.4 is 5.32 Å². The van der Waals surface area contributed by atoms with Crippen LogP contribution in [-0.4, -0.2) is 49.6 Å². The van der Waals surface area contributed by atoms with Crippen molar-refractivity contribution in [2.24, 2.45) is 0 Å². The van der Waals surface area contributed by atoms with E-state index in [-0.39, 0.29) is 0 Å². The quantitative estimate of drug-likeness (QED) is 0.468. The summed E-state index contributed by atoms with van der Waals surface area (Å²) in [6.07, 6.45) is 5.31. The molecule has 0 radical (unpaired) electrons. The number of likely N-dealkylation sites (N-methyl/N-ethyl adjacent to an activating group) is 1. The molecule has 0 amide bonds. The van der Waals surface area contributed by atoms with E-state index < -0.39 is 0 Å². The van der Waals surface area contributed by atoms with Crippen molar-refractivity contribution in [2.45, 2.75) is 19.4 Å². The molecule has 0 aromatic carbocycles. The SMILES string of the molecule is C=CCNCCN(C)C(CC)CSC. The standard InChI is InChI=1S/C11H24N2S/c1-5-7-12-8-9-13(3)11(6-2)10-14-4/h5,11-12H,1,6-10H2,2-4H3. The van der Waals surface area contributed by atoms with Crippen molar-refractivity contribution in [3.63, 3.8) is 0 Å². The van der Waals surface area contributed by atoms with E-state index in [1.165, 1.54) is 12.2 Å². The normalized spacial score (nSPS) is 13.1. The van der Waals surface area contributed by atoms with Crippen LogP contribution in [0.1, 0.15) is 13.3 Å². The minimum Gasteiger partial charge on any atom is -0.312 e. The monoisotopic (exact) mass is 216 g/mol. The zero-order valence-corrected chi connectivity index (χ0v) is 10.6. The molecular formula is C11H24N2S. The van der Waals surface area contributed by atoms with E-state index in [2.05, 4.69) is 37.0 Å². The van der Waals surface area contributed by atoms with Gasteiger partial charge in [0, 0.05) is 31.4 Å². The molecule has 3 heteroatoms. The Kier molecular flexibility index (Phi) is 9.57. The second-order valence-electron chi connectivity index (χ2n) is 3.49. The second-order valence-corrected chi connectivity index (χ2v) is 4.40. The summed E-state index contributed by atoms with van der Waals surface area (Å²) in [6.45, 7) is 9.01. The Morgan fingerprint density at radius 3 is 2.79 bits per heavy atom. The Labute approximate surface area is 93.1 Å². The van der Waals surface area contributed by atoms with Crippen molar-refractivity contribution in [3.8, 4) is 0 Å². The third kappa shape index (κ3) is 6.46. The van der Waals surface area contributed by atoms with Crippen molar-refractivity contribution < 1.29 is 0 Å². The third-order valence-corrected chi connectivity index (χ3v) is 3.10. The van der Waals surface area contributed by atoms with Crippen molar-refractivity contribution >= 4 is 11.8 Å². The molecular weight excluding hydrogens is 192 g/mol. The van der Waals surface area contributed by atoms with Crippen LogP contribution in [0.3, 0.4) is 0 Å². The van der Waals surface area contributed by atoms with E-state index in [1.54, 1.807) is 0 Å². The number of hydrogen-bond donors (Lipinski definition) is 1. The van der Waals surface area contributed by atoms with Gasteiger partial charge in [-0.15, -0.1) is 6.58 Å². The number of rotatable bonds is 9. The van der Waals surface area contributed by atoms with Crippen LogP contribution in [0.25, 0.3) is 0 Å². The molecule has 0 saturated heterocycles. The van der Waals surface area contributed by atoms with Gasteiger partial charge in [0.2, 0.25) is 0 Å². The number of nitrogens with zero attached hydrogens (tertiary/aromatic N) is 1. The molecule has 0 aromatic heterocycles. The number of hydrogen-bond acceptors (Lipinski definition) is 3. The zero-order chi connectivity index (χ0) is 10.8. The van der Waals surface area contributed by atoms with E-state index in [0.717, 1.165) is 25.7 Å². The van der Waals surface area contributed by atoms with Crippen molar-refractivity contribution in [3.05, 3.63) is 12.7 Å². The summed E-state index contributed by atoms with van der Waals surface area (Å²) in [6, 6.07) is 0.718. The van der Waals surface area contributed by atoms with Crippen LogP contribution >= 0.6 is 11.8 Å². The average molecular weight is 216 g/mol. The largest absolute Gasteiger partial charge is 0.312 e. The Hall–Kier alpha value is 0.0100. The molecule has 0 spiro atoms. The Bertz CT molecular complexity index is 139. The predicted molar refractivity (Wildman–Crippen MR) is 68.2 cm³/mol. The van der Waals surface area contributed by atoms with Crippen molar-refractivity contribution in [1.29, 1.82) is 0 Å². The van der Waals surface area contributed by atoms with E-state index in [9.17, 15) is 0 Å². The Morgan fingerprint density at radius 2 is 2.29 bits per heavy atom. The van der Waals surface area contributed by atoms with E-state index in [1.807, 2.05) is 17.8 Å². The first-order chi connectivity index (χ1) is 6.76. The van der Waals surface area contributed by atoms with Crippen LogP contribution in [0.15, 0.2) is 12.7 Å². The molecule has 0 heterocycles. The maximum Gasteiger partial charge on any atom is 0.0181 e. The fourth-order valence-electron chi connectivity index (χ4n) is 1.39. The highest BCUT2D eigenvalue weighted by Crippen LogP contribution is 2.07. The molecule has 2 nitrogen and oxygen atoms in total. The van der Waals surface area contributed by atoms with Gasteiger partial charge in [-0.3, -0.25) is 0 Å². The van der Waals surface area contributed by atoms with Crippen LogP contribution in [0.2, 0.25) is 0 Å². The van der Waals surface area contributed by atoms with E-state index in [0.29, 0.717) is 0 Å². The topological polar surface area (TPSA) is 15.3 Å². The highest BCUT2D eigenvalue weighted by molar-refractivity contribution is 7.98. The lowest BCUT2D eigenvalue weighted by Gasteiger charge is -2.26. The summed E-state index contributed by atoms with van der Waals surface area (Å²) in [5.74, 6) is 1.23. The molecule has 0 aromatic rings. The fraction of sp³-hybridized carbons (Fsp3) is 0.818. The van der Waals surface area contributed by atoms with Gasteiger partial charge in [-0.2, -0.15) is 11.8 Å². The summed E-state index contributed by atoms with van der Waals surface area (Å²) in [4.78, 5) is 2.44. The minimum absolute atomic E-state index is 0.718. The van der Waals surface area contributed by atoms with E-state index >= 15 is 0 Å². The summed E-state index contributed by atoms with van der Waals surface area (Å²) in [5.41, 5.74) is 0. The molecule has 0 aliphatic rings. The van der Waals surface area contributed by atoms with Gasteiger partial charge in [-0.05, 0) is 19.7 Å². The second kappa shape index (κ2) is 9.56. The highest BCUT2D eigenvalue weighted by atomic mass is 32.2. The summed E-state index contributed by atoms with van der Waals surface area (Å²) >= 11 is 1.93. The van der Waals surface area contributed by atoms with Gasteiger partial charge >= 0.3 is 0 Å². The number of nitrogens with one attached hydrogen (secondary N) is 1. The lowest BCUT2D eigenvalue weighted by Crippen LogP contribution is -2.38. The van der Waals surface area contributed by atoms with Crippen LogP contribution in [0.5, 0.6) is 0 Å². The first-order valence-corrected chi connectivity index (χ1v) is 6.66. The van der Waals surface area contributed by atoms with Crippen LogP contribution in [0.4, 0.5) is 0 Å². The van der Waals surface area contributed by atoms with E-state index in [4.69, 9.17) is 0 Å². The molecule has 1 N–H and O–H groups in total. The van der Waals surface area contributed by atoms with Gasteiger partial charge in [0.15, 0.2) is 0 Å². The molecule has 0 fully saturated rings. The van der Waals surface area contributed by atoms with Gasteiger partial charge in [0.1, 0.15) is 0 Å². The summed E-state index contributed by atoms with van der Waals surface area (Å²) < 4.78 is 0. The smallest absolute Gasteiger partial charge is 0.0181 e. The first kappa shape index (κ1) is 14.0. The molecule has 0 saturated carbocycles. The lowest BCUT2D eigenvalue weighted by atomic mass is 10.2. The molecule has 84 valence electrons. The molecule has 14 heavy (non-hydrogen) atoms. The zero-order valence-electron chi connectivity index (χ0n) is 9.75. The predicted octanol–water partition coefficient (Wildman–Crippen LogP) is 1.84. The molecule has 0 bridgehead atoms. The van der Waals surface area contributed by atoms with Crippen LogP contribution in [0, 0.1) is 0 Å². The summed E-state index contributed by atoms with van der Waals surface area (Å²) in [5, 5.41) is 3.32. The lowest BCUT2D eigenvalue weighted by molar-refractivity contribution is 0.257. The maximum atomic E-state index is 3.68.